The number of imide groups is 1. The van der Waals surface area contributed by atoms with Gasteiger partial charge in [0.05, 0.1) is 0 Å². The number of carbonyl (C=O) groups excluding carboxylic acids is 3. The van der Waals surface area contributed by atoms with Gasteiger partial charge in [-0.2, -0.15) is 0 Å². The number of piperidine rings is 1. The number of likely N-dealkylation sites (tertiary alicyclic amines) is 1. The maximum atomic E-state index is 12.4. The minimum atomic E-state index is -0.572. The lowest BCUT2D eigenvalue weighted by Crippen LogP contribution is -2.53. The van der Waals surface area contributed by atoms with Crippen LogP contribution in [0.2, 0.25) is 0 Å². The summed E-state index contributed by atoms with van der Waals surface area (Å²) in [5, 5.41) is 0. The lowest BCUT2D eigenvalue weighted by molar-refractivity contribution is -0.150. The van der Waals surface area contributed by atoms with Crippen LogP contribution in [0, 0.1) is 0 Å². The molecule has 104 valence electrons. The fraction of sp³-hybridized carbons (Fsp3) is 0.357. The first-order valence-electron chi connectivity index (χ1n) is 6.49. The predicted octanol–water partition coefficient (Wildman–Crippen LogP) is 0.372. The molecule has 0 radical (unpaired) electrons. The molecule has 0 aliphatic carbocycles. The molecule has 1 unspecified atom stereocenters. The molecule has 1 fully saturated rings. The third-order valence-electron chi connectivity index (χ3n) is 4.03. The zero-order valence-electron chi connectivity index (χ0n) is 11.1. The normalized spacial score (nSPS) is 22.4. The second-order valence-electron chi connectivity index (χ2n) is 5.15. The molecular weight excluding hydrogens is 258 g/mol. The van der Waals surface area contributed by atoms with Gasteiger partial charge in [0.2, 0.25) is 5.91 Å². The molecule has 2 heterocycles. The molecule has 2 aliphatic heterocycles. The van der Waals surface area contributed by atoms with E-state index >= 15 is 0 Å². The maximum Gasteiger partial charge on any atom is 0.255 e. The second-order valence-corrected chi connectivity index (χ2v) is 5.15. The number of likely N-dealkylation sites (N-methyl/N-ethyl adjacent to an activating group) is 1. The minimum absolute atomic E-state index is 0.187. The number of amides is 3. The van der Waals surface area contributed by atoms with Crippen molar-refractivity contribution in [3.8, 4) is 0 Å². The van der Waals surface area contributed by atoms with Crippen LogP contribution in [-0.4, -0.2) is 40.6 Å². The second kappa shape index (κ2) is 4.33. The van der Waals surface area contributed by atoms with E-state index in [9.17, 15) is 14.4 Å². The summed E-state index contributed by atoms with van der Waals surface area (Å²) in [5.41, 5.74) is 7.76. The van der Waals surface area contributed by atoms with E-state index in [0.717, 1.165) is 10.5 Å². The first-order chi connectivity index (χ1) is 9.50. The highest BCUT2D eigenvalue weighted by molar-refractivity contribution is 6.05. The van der Waals surface area contributed by atoms with Gasteiger partial charge in [0.25, 0.3) is 11.8 Å². The van der Waals surface area contributed by atoms with Crippen molar-refractivity contribution in [1.82, 2.24) is 9.80 Å². The summed E-state index contributed by atoms with van der Waals surface area (Å²) in [7, 11) is 1.46. The van der Waals surface area contributed by atoms with Crippen LogP contribution in [0.3, 0.4) is 0 Å². The number of hydrogen-bond acceptors (Lipinski definition) is 4. The van der Waals surface area contributed by atoms with E-state index in [4.69, 9.17) is 5.73 Å². The number of benzene rings is 1. The van der Waals surface area contributed by atoms with Crippen LogP contribution in [0.1, 0.15) is 28.8 Å². The van der Waals surface area contributed by atoms with Gasteiger partial charge in [-0.3, -0.25) is 19.3 Å². The van der Waals surface area contributed by atoms with Crippen molar-refractivity contribution in [1.29, 1.82) is 0 Å². The summed E-state index contributed by atoms with van der Waals surface area (Å²) in [5.74, 6) is -0.704. The predicted molar refractivity (Wildman–Crippen MR) is 71.5 cm³/mol. The van der Waals surface area contributed by atoms with Gasteiger partial charge >= 0.3 is 0 Å². The molecule has 0 saturated carbocycles. The molecule has 1 saturated heterocycles. The number of fused-ring (bicyclic) bond motifs is 1. The quantitative estimate of drug-likeness (QED) is 0.592. The van der Waals surface area contributed by atoms with Gasteiger partial charge in [0.1, 0.15) is 6.04 Å². The van der Waals surface area contributed by atoms with Crippen molar-refractivity contribution in [2.24, 2.45) is 0 Å². The van der Waals surface area contributed by atoms with E-state index in [0.29, 0.717) is 24.2 Å². The molecule has 0 aromatic heterocycles. The van der Waals surface area contributed by atoms with Gasteiger partial charge in [-0.15, -0.1) is 0 Å². The van der Waals surface area contributed by atoms with Gasteiger partial charge < -0.3 is 10.6 Å². The molecule has 1 aromatic carbocycles. The maximum absolute atomic E-state index is 12.4. The van der Waals surface area contributed by atoms with Crippen LogP contribution in [0.4, 0.5) is 5.69 Å². The average Bonchev–Trinajstić information content (AvgIpc) is 2.76. The fourth-order valence-electron chi connectivity index (χ4n) is 2.82. The van der Waals surface area contributed by atoms with Crippen molar-refractivity contribution < 1.29 is 14.4 Å². The molecule has 2 N–H and O–H groups in total. The van der Waals surface area contributed by atoms with Crippen molar-refractivity contribution >= 4 is 23.4 Å². The first kappa shape index (κ1) is 12.7. The number of nitrogens with two attached hydrogens (primary N) is 1. The molecule has 1 atom stereocenters. The van der Waals surface area contributed by atoms with Crippen molar-refractivity contribution in [2.75, 3.05) is 12.8 Å². The molecule has 2 aliphatic rings. The summed E-state index contributed by atoms with van der Waals surface area (Å²) in [6, 6.07) is 4.62. The van der Waals surface area contributed by atoms with Crippen molar-refractivity contribution in [2.45, 2.75) is 25.4 Å². The molecule has 0 spiro atoms. The highest BCUT2D eigenvalue weighted by atomic mass is 16.2. The molecule has 3 amide bonds. The standard InChI is InChI=1S/C14H15N3O3/c1-16-12(18)6-5-11(14(16)20)17-7-9-8(13(17)19)3-2-4-10(9)15/h2-4,11H,5-7,15H2,1H3. The van der Waals surface area contributed by atoms with Crippen LogP contribution in [0.5, 0.6) is 0 Å². The highest BCUT2D eigenvalue weighted by Crippen LogP contribution is 2.31. The Labute approximate surface area is 116 Å². The smallest absolute Gasteiger partial charge is 0.255 e. The molecule has 6 nitrogen and oxygen atoms in total. The van der Waals surface area contributed by atoms with Gasteiger partial charge in [-0.05, 0) is 18.6 Å². The lowest BCUT2D eigenvalue weighted by Gasteiger charge is -2.33. The molecular formula is C14H15N3O3. The lowest BCUT2D eigenvalue weighted by atomic mass is 10.0. The molecule has 0 bridgehead atoms. The van der Waals surface area contributed by atoms with Gasteiger partial charge in [0, 0.05) is 36.8 Å². The summed E-state index contributed by atoms with van der Waals surface area (Å²) in [4.78, 5) is 38.7. The van der Waals surface area contributed by atoms with E-state index in [1.165, 1.54) is 11.9 Å². The number of hydrogen-bond donors (Lipinski definition) is 1. The summed E-state index contributed by atoms with van der Waals surface area (Å²) in [6.07, 6.45) is 0.657. The number of nitrogens with zero attached hydrogens (tertiary/aromatic N) is 2. The molecule has 3 rings (SSSR count). The summed E-state index contributed by atoms with van der Waals surface area (Å²) in [6.45, 7) is 0.333. The number of nitrogen functional groups attached to an aromatic ring is 1. The van der Waals surface area contributed by atoms with E-state index in [2.05, 4.69) is 0 Å². The van der Waals surface area contributed by atoms with Crippen LogP contribution in [0.25, 0.3) is 0 Å². The Balaban J connectivity index is 1.91. The minimum Gasteiger partial charge on any atom is -0.398 e. The van der Waals surface area contributed by atoms with Crippen LogP contribution >= 0.6 is 0 Å². The average molecular weight is 273 g/mol. The fourth-order valence-corrected chi connectivity index (χ4v) is 2.82. The van der Waals surface area contributed by atoms with Gasteiger partial charge in [-0.1, -0.05) is 6.07 Å². The molecule has 1 aromatic rings. The first-order valence-corrected chi connectivity index (χ1v) is 6.49. The Morgan fingerprint density at radius 1 is 1.25 bits per heavy atom. The topological polar surface area (TPSA) is 83.7 Å². The number of anilines is 1. The van der Waals surface area contributed by atoms with Crippen LogP contribution in [-0.2, 0) is 16.1 Å². The summed E-state index contributed by atoms with van der Waals surface area (Å²) < 4.78 is 0. The van der Waals surface area contributed by atoms with E-state index in [1.54, 1.807) is 18.2 Å². The van der Waals surface area contributed by atoms with E-state index in [-0.39, 0.29) is 24.1 Å². The SMILES string of the molecule is CN1C(=O)CCC(N2Cc3c(N)cccc3C2=O)C1=O. The third kappa shape index (κ3) is 1.68. The Bertz CT molecular complexity index is 626. The monoisotopic (exact) mass is 273 g/mol. The van der Waals surface area contributed by atoms with Gasteiger partial charge in [-0.25, -0.2) is 0 Å². The van der Waals surface area contributed by atoms with Crippen LogP contribution < -0.4 is 5.73 Å². The zero-order chi connectivity index (χ0) is 14.4. The Kier molecular flexibility index (Phi) is 2.74. The summed E-state index contributed by atoms with van der Waals surface area (Å²) >= 11 is 0. The Morgan fingerprint density at radius 3 is 2.70 bits per heavy atom. The highest BCUT2D eigenvalue weighted by Gasteiger charge is 2.41. The Morgan fingerprint density at radius 2 is 2.00 bits per heavy atom. The van der Waals surface area contributed by atoms with E-state index in [1.807, 2.05) is 0 Å². The largest absolute Gasteiger partial charge is 0.398 e. The Hall–Kier alpha value is -2.37. The van der Waals surface area contributed by atoms with Gasteiger partial charge in [0.15, 0.2) is 0 Å². The zero-order valence-corrected chi connectivity index (χ0v) is 11.1. The number of rotatable bonds is 1. The van der Waals surface area contributed by atoms with Crippen LogP contribution in [0.15, 0.2) is 18.2 Å². The van der Waals surface area contributed by atoms with Crippen molar-refractivity contribution in [3.05, 3.63) is 29.3 Å². The van der Waals surface area contributed by atoms with E-state index < -0.39 is 6.04 Å². The van der Waals surface area contributed by atoms with Crippen molar-refractivity contribution in [3.63, 3.8) is 0 Å². The molecule has 20 heavy (non-hydrogen) atoms. The number of carbonyl (C=O) groups is 3. The molecule has 6 heteroatoms. The third-order valence-corrected chi connectivity index (χ3v) is 4.03.